The summed E-state index contributed by atoms with van der Waals surface area (Å²) in [5.74, 6) is -1.09. The van der Waals surface area contributed by atoms with Crippen molar-refractivity contribution < 1.29 is 14.7 Å². The number of benzene rings is 1. The highest BCUT2D eigenvalue weighted by atomic mass is 32.1. The van der Waals surface area contributed by atoms with Crippen LogP contribution in [0.3, 0.4) is 0 Å². The quantitative estimate of drug-likeness (QED) is 0.851. The van der Waals surface area contributed by atoms with Gasteiger partial charge in [-0.2, -0.15) is 0 Å². The summed E-state index contributed by atoms with van der Waals surface area (Å²) in [5, 5.41) is 9.88. The molecule has 0 saturated heterocycles. The van der Waals surface area contributed by atoms with Gasteiger partial charge < -0.3 is 10.0 Å². The molecule has 0 radical (unpaired) electrons. The number of carboxylic acids is 1. The van der Waals surface area contributed by atoms with E-state index in [1.165, 1.54) is 4.90 Å². The molecule has 0 aliphatic carbocycles. The maximum Gasteiger partial charge on any atom is 0.323 e. The number of rotatable bonds is 7. The molecule has 0 fully saturated rings. The van der Waals surface area contributed by atoms with E-state index in [1.54, 1.807) is 11.3 Å². The summed E-state index contributed by atoms with van der Waals surface area (Å²) >= 11 is 1.64. The highest BCUT2D eigenvalue weighted by Gasteiger charge is 2.19. The van der Waals surface area contributed by atoms with Crippen LogP contribution >= 0.6 is 11.3 Å². The van der Waals surface area contributed by atoms with E-state index < -0.39 is 5.97 Å². The van der Waals surface area contributed by atoms with Crippen molar-refractivity contribution >= 4 is 33.4 Å². The fourth-order valence-electron chi connectivity index (χ4n) is 2.27. The van der Waals surface area contributed by atoms with Crippen molar-refractivity contribution in [2.45, 2.75) is 39.2 Å². The average Bonchev–Trinajstić information content (AvgIpc) is 2.86. The molecule has 1 aromatic carbocycles. The minimum atomic E-state index is -0.978. The number of aryl methyl sites for hydroxylation is 1. The van der Waals surface area contributed by atoms with Crippen LogP contribution in [0.15, 0.2) is 24.3 Å². The number of carboxylic acid groups (broad SMARTS) is 1. The molecule has 0 spiro atoms. The van der Waals surface area contributed by atoms with E-state index in [9.17, 15) is 9.59 Å². The molecule has 1 aromatic heterocycles. The fourth-order valence-corrected chi connectivity index (χ4v) is 3.27. The van der Waals surface area contributed by atoms with Gasteiger partial charge in [0.05, 0.1) is 15.2 Å². The number of hydrogen-bond donors (Lipinski definition) is 1. The summed E-state index contributed by atoms with van der Waals surface area (Å²) in [5.41, 5.74) is 0.989. The lowest BCUT2D eigenvalue weighted by Gasteiger charge is -2.24. The summed E-state index contributed by atoms with van der Waals surface area (Å²) < 4.78 is 1.15. The van der Waals surface area contributed by atoms with Crippen LogP contribution in [0.1, 0.15) is 31.7 Å². The summed E-state index contributed by atoms with van der Waals surface area (Å²) in [7, 11) is 0. The van der Waals surface area contributed by atoms with Crippen LogP contribution < -0.4 is 0 Å². The lowest BCUT2D eigenvalue weighted by molar-refractivity contribution is -0.145. The van der Waals surface area contributed by atoms with Gasteiger partial charge in [-0.3, -0.25) is 9.59 Å². The number of fused-ring (bicyclic) bond motifs is 1. The first-order valence-corrected chi connectivity index (χ1v) is 8.14. The molecular weight excluding hydrogens is 300 g/mol. The number of aliphatic carboxylic acids is 1. The molecule has 2 aromatic rings. The molecule has 0 aliphatic heterocycles. The van der Waals surface area contributed by atoms with Crippen molar-refractivity contribution in [3.63, 3.8) is 0 Å². The summed E-state index contributed by atoms with van der Waals surface area (Å²) in [6.07, 6.45) is 1.77. The molecule has 118 valence electrons. The first-order valence-electron chi connectivity index (χ1n) is 7.33. The maximum absolute atomic E-state index is 12.1. The van der Waals surface area contributed by atoms with Crippen LogP contribution in [0.2, 0.25) is 0 Å². The highest BCUT2D eigenvalue weighted by molar-refractivity contribution is 7.18. The number of carbonyl (C=O) groups excluding carboxylic acids is 1. The van der Waals surface area contributed by atoms with Gasteiger partial charge in [0, 0.05) is 12.5 Å². The van der Waals surface area contributed by atoms with E-state index in [1.807, 2.05) is 38.1 Å². The van der Waals surface area contributed by atoms with Gasteiger partial charge in [0.2, 0.25) is 5.91 Å². The minimum Gasteiger partial charge on any atom is -0.480 e. The molecule has 2 rings (SSSR count). The van der Waals surface area contributed by atoms with Crippen molar-refractivity contribution in [1.29, 1.82) is 0 Å². The second-order valence-electron chi connectivity index (χ2n) is 5.44. The molecule has 6 heteroatoms. The summed E-state index contributed by atoms with van der Waals surface area (Å²) in [4.78, 5) is 28.9. The maximum atomic E-state index is 12.1. The predicted octanol–water partition coefficient (Wildman–Crippen LogP) is 2.94. The van der Waals surface area contributed by atoms with E-state index >= 15 is 0 Å². The SMILES string of the molecule is CC(C)N(CC(=O)O)C(=O)CCCc1nc2ccccc2s1. The summed E-state index contributed by atoms with van der Waals surface area (Å²) in [6.45, 7) is 3.42. The van der Waals surface area contributed by atoms with Crippen LogP contribution in [0.4, 0.5) is 0 Å². The van der Waals surface area contributed by atoms with Crippen molar-refractivity contribution in [3.8, 4) is 0 Å². The Balaban J connectivity index is 1.89. The van der Waals surface area contributed by atoms with Crippen LogP contribution in [-0.2, 0) is 16.0 Å². The average molecular weight is 320 g/mol. The Labute approximate surface area is 133 Å². The van der Waals surface area contributed by atoms with Gasteiger partial charge in [0.25, 0.3) is 0 Å². The first-order chi connectivity index (χ1) is 10.5. The lowest BCUT2D eigenvalue weighted by Crippen LogP contribution is -2.40. The second-order valence-corrected chi connectivity index (χ2v) is 6.55. The number of nitrogens with zero attached hydrogens (tertiary/aromatic N) is 2. The number of aromatic nitrogens is 1. The van der Waals surface area contributed by atoms with Crippen molar-refractivity contribution in [3.05, 3.63) is 29.3 Å². The largest absolute Gasteiger partial charge is 0.480 e. The fraction of sp³-hybridized carbons (Fsp3) is 0.438. The van der Waals surface area contributed by atoms with Crippen LogP contribution in [0.25, 0.3) is 10.2 Å². The molecule has 1 heterocycles. The molecule has 0 atom stereocenters. The smallest absolute Gasteiger partial charge is 0.323 e. The molecule has 0 bridgehead atoms. The Kier molecular flexibility index (Phi) is 5.49. The van der Waals surface area contributed by atoms with Gasteiger partial charge in [-0.25, -0.2) is 4.98 Å². The van der Waals surface area contributed by atoms with Crippen LogP contribution in [0.5, 0.6) is 0 Å². The molecule has 0 aliphatic rings. The Bertz CT molecular complexity index is 633. The third-order valence-electron chi connectivity index (χ3n) is 3.37. The van der Waals surface area contributed by atoms with E-state index in [4.69, 9.17) is 5.11 Å². The van der Waals surface area contributed by atoms with Crippen molar-refractivity contribution in [2.75, 3.05) is 6.54 Å². The minimum absolute atomic E-state index is 0.106. The zero-order chi connectivity index (χ0) is 16.1. The Morgan fingerprint density at radius 2 is 2.05 bits per heavy atom. The van der Waals surface area contributed by atoms with Gasteiger partial charge in [-0.1, -0.05) is 12.1 Å². The molecular formula is C16H20N2O3S. The topological polar surface area (TPSA) is 70.5 Å². The molecule has 22 heavy (non-hydrogen) atoms. The number of carbonyl (C=O) groups is 2. The number of hydrogen-bond acceptors (Lipinski definition) is 4. The third-order valence-corrected chi connectivity index (χ3v) is 4.46. The lowest BCUT2D eigenvalue weighted by atomic mass is 10.2. The van der Waals surface area contributed by atoms with E-state index in [0.717, 1.165) is 21.6 Å². The predicted molar refractivity (Wildman–Crippen MR) is 87.0 cm³/mol. The number of amides is 1. The number of thiazole rings is 1. The number of para-hydroxylation sites is 1. The second kappa shape index (κ2) is 7.35. The van der Waals surface area contributed by atoms with E-state index in [-0.39, 0.29) is 18.5 Å². The van der Waals surface area contributed by atoms with Gasteiger partial charge in [-0.15, -0.1) is 11.3 Å². The van der Waals surface area contributed by atoms with Crippen molar-refractivity contribution in [2.24, 2.45) is 0 Å². The van der Waals surface area contributed by atoms with Crippen LogP contribution in [0, 0.1) is 0 Å². The Hall–Kier alpha value is -1.95. The zero-order valence-corrected chi connectivity index (χ0v) is 13.6. The van der Waals surface area contributed by atoms with Crippen molar-refractivity contribution in [1.82, 2.24) is 9.88 Å². The monoisotopic (exact) mass is 320 g/mol. The Morgan fingerprint density at radius 1 is 1.32 bits per heavy atom. The Morgan fingerprint density at radius 3 is 2.68 bits per heavy atom. The van der Waals surface area contributed by atoms with Gasteiger partial charge in [0.15, 0.2) is 0 Å². The molecule has 1 N–H and O–H groups in total. The van der Waals surface area contributed by atoms with E-state index in [2.05, 4.69) is 4.98 Å². The van der Waals surface area contributed by atoms with Crippen LogP contribution in [-0.4, -0.2) is 39.5 Å². The van der Waals surface area contributed by atoms with Gasteiger partial charge >= 0.3 is 5.97 Å². The first kappa shape index (κ1) is 16.4. The summed E-state index contributed by atoms with van der Waals surface area (Å²) in [6, 6.07) is 7.86. The zero-order valence-electron chi connectivity index (χ0n) is 12.8. The van der Waals surface area contributed by atoms with Gasteiger partial charge in [0.1, 0.15) is 6.54 Å². The normalized spacial score (nSPS) is 11.0. The molecule has 1 amide bonds. The molecule has 0 saturated carbocycles. The molecule has 5 nitrogen and oxygen atoms in total. The standard InChI is InChI=1S/C16H20N2O3S/c1-11(2)18(10-16(20)21)15(19)9-5-8-14-17-12-6-3-4-7-13(12)22-14/h3-4,6-7,11H,5,8-10H2,1-2H3,(H,20,21). The third kappa shape index (κ3) is 4.27. The highest BCUT2D eigenvalue weighted by Crippen LogP contribution is 2.22. The van der Waals surface area contributed by atoms with Gasteiger partial charge in [-0.05, 0) is 38.8 Å². The van der Waals surface area contributed by atoms with E-state index in [0.29, 0.717) is 12.8 Å². The molecule has 0 unspecified atom stereocenters.